The SMILES string of the molecule is CCNc1ncc(C(=O)NC[C@@H](O)c2ccccc2F)cn1. The highest BCUT2D eigenvalue weighted by Gasteiger charge is 2.14. The van der Waals surface area contributed by atoms with Crippen LogP contribution < -0.4 is 10.6 Å². The van der Waals surface area contributed by atoms with Gasteiger partial charge in [0.1, 0.15) is 5.82 Å². The van der Waals surface area contributed by atoms with Crippen LogP contribution in [0, 0.1) is 5.82 Å². The highest BCUT2D eigenvalue weighted by atomic mass is 19.1. The number of rotatable bonds is 6. The third kappa shape index (κ3) is 3.98. The average Bonchev–Trinajstić information content (AvgIpc) is 2.54. The first-order valence-electron chi connectivity index (χ1n) is 6.88. The number of nitrogens with zero attached hydrogens (tertiary/aromatic N) is 2. The lowest BCUT2D eigenvalue weighted by Crippen LogP contribution is -2.29. The van der Waals surface area contributed by atoms with Gasteiger partial charge in [-0.05, 0) is 13.0 Å². The van der Waals surface area contributed by atoms with Crippen LogP contribution in [-0.2, 0) is 0 Å². The lowest BCUT2D eigenvalue weighted by atomic mass is 10.1. The van der Waals surface area contributed by atoms with Gasteiger partial charge < -0.3 is 15.7 Å². The molecule has 0 saturated carbocycles. The summed E-state index contributed by atoms with van der Waals surface area (Å²) < 4.78 is 13.5. The van der Waals surface area contributed by atoms with E-state index in [1.54, 1.807) is 6.07 Å². The Morgan fingerprint density at radius 3 is 2.64 bits per heavy atom. The van der Waals surface area contributed by atoms with Gasteiger partial charge in [0.05, 0.1) is 11.7 Å². The third-order valence-corrected chi connectivity index (χ3v) is 2.97. The molecule has 0 aliphatic heterocycles. The molecule has 1 heterocycles. The number of anilines is 1. The maximum absolute atomic E-state index is 13.5. The first kappa shape index (κ1) is 15.8. The van der Waals surface area contributed by atoms with Crippen LogP contribution in [0.1, 0.15) is 28.9 Å². The van der Waals surface area contributed by atoms with Crippen LogP contribution in [0.2, 0.25) is 0 Å². The Kier molecular flexibility index (Phi) is 5.37. The van der Waals surface area contributed by atoms with Gasteiger partial charge in [-0.1, -0.05) is 18.2 Å². The van der Waals surface area contributed by atoms with Crippen molar-refractivity contribution in [2.45, 2.75) is 13.0 Å². The Bertz CT molecular complexity index is 634. The monoisotopic (exact) mass is 304 g/mol. The van der Waals surface area contributed by atoms with Crippen LogP contribution in [0.25, 0.3) is 0 Å². The fourth-order valence-corrected chi connectivity index (χ4v) is 1.84. The molecule has 2 rings (SSSR count). The van der Waals surface area contributed by atoms with E-state index < -0.39 is 17.8 Å². The number of benzene rings is 1. The van der Waals surface area contributed by atoms with Gasteiger partial charge in [0, 0.05) is 31.0 Å². The number of hydrogen-bond donors (Lipinski definition) is 3. The molecule has 0 spiro atoms. The minimum atomic E-state index is -1.12. The molecular formula is C15H17FN4O2. The second-order valence-corrected chi connectivity index (χ2v) is 4.57. The maximum Gasteiger partial charge on any atom is 0.254 e. The number of carbonyl (C=O) groups excluding carboxylic acids is 1. The fourth-order valence-electron chi connectivity index (χ4n) is 1.84. The van der Waals surface area contributed by atoms with Crippen LogP contribution >= 0.6 is 0 Å². The number of aliphatic hydroxyl groups is 1. The zero-order valence-corrected chi connectivity index (χ0v) is 12.1. The number of carbonyl (C=O) groups is 1. The molecule has 3 N–H and O–H groups in total. The van der Waals surface area contributed by atoms with Gasteiger partial charge in [-0.15, -0.1) is 0 Å². The summed E-state index contributed by atoms with van der Waals surface area (Å²) in [6, 6.07) is 5.89. The Labute approximate surface area is 127 Å². The van der Waals surface area contributed by atoms with Gasteiger partial charge in [-0.2, -0.15) is 0 Å². The molecule has 2 aromatic rings. The van der Waals surface area contributed by atoms with Gasteiger partial charge in [0.15, 0.2) is 0 Å². The fraction of sp³-hybridized carbons (Fsp3) is 0.267. The molecule has 116 valence electrons. The lowest BCUT2D eigenvalue weighted by molar-refractivity contribution is 0.0913. The van der Waals surface area contributed by atoms with Gasteiger partial charge in [-0.3, -0.25) is 4.79 Å². The molecule has 1 atom stereocenters. The Hall–Kier alpha value is -2.54. The van der Waals surface area contributed by atoms with Crippen molar-refractivity contribution in [3.63, 3.8) is 0 Å². The molecule has 1 amide bonds. The molecule has 0 unspecified atom stereocenters. The summed E-state index contributed by atoms with van der Waals surface area (Å²) in [4.78, 5) is 19.9. The highest BCUT2D eigenvalue weighted by molar-refractivity contribution is 5.93. The minimum Gasteiger partial charge on any atom is -0.386 e. The van der Waals surface area contributed by atoms with Crippen molar-refractivity contribution < 1.29 is 14.3 Å². The van der Waals surface area contributed by atoms with E-state index in [0.29, 0.717) is 12.5 Å². The van der Waals surface area contributed by atoms with E-state index >= 15 is 0 Å². The molecule has 0 bridgehead atoms. The summed E-state index contributed by atoms with van der Waals surface area (Å²) in [7, 11) is 0. The van der Waals surface area contributed by atoms with Crippen molar-refractivity contribution in [2.75, 3.05) is 18.4 Å². The number of amides is 1. The summed E-state index contributed by atoms with van der Waals surface area (Å²) in [5.41, 5.74) is 0.406. The van der Waals surface area contributed by atoms with E-state index in [-0.39, 0.29) is 17.7 Å². The van der Waals surface area contributed by atoms with Crippen LogP contribution in [0.15, 0.2) is 36.7 Å². The minimum absolute atomic E-state index is 0.102. The molecule has 0 aliphatic rings. The third-order valence-electron chi connectivity index (χ3n) is 2.97. The largest absolute Gasteiger partial charge is 0.386 e. The number of aromatic nitrogens is 2. The van der Waals surface area contributed by atoms with Crippen LogP contribution in [0.3, 0.4) is 0 Å². The number of hydrogen-bond acceptors (Lipinski definition) is 5. The standard InChI is InChI=1S/C15H17FN4O2/c1-2-17-15-19-7-10(8-20-15)14(22)18-9-13(21)11-5-3-4-6-12(11)16/h3-8,13,21H,2,9H2,1H3,(H,18,22)(H,17,19,20)/t13-/m1/s1. The first-order chi connectivity index (χ1) is 10.6. The Morgan fingerprint density at radius 2 is 2.00 bits per heavy atom. The molecule has 0 radical (unpaired) electrons. The molecule has 22 heavy (non-hydrogen) atoms. The highest BCUT2D eigenvalue weighted by Crippen LogP contribution is 2.15. The second kappa shape index (κ2) is 7.46. The van der Waals surface area contributed by atoms with Crippen molar-refractivity contribution in [1.82, 2.24) is 15.3 Å². The van der Waals surface area contributed by atoms with E-state index in [9.17, 15) is 14.3 Å². The molecule has 6 nitrogen and oxygen atoms in total. The van der Waals surface area contributed by atoms with Crippen LogP contribution in [0.5, 0.6) is 0 Å². The summed E-state index contributed by atoms with van der Waals surface area (Å²) in [5, 5.41) is 15.4. The van der Waals surface area contributed by atoms with Crippen LogP contribution in [-0.4, -0.2) is 34.1 Å². The maximum atomic E-state index is 13.5. The molecule has 7 heteroatoms. The first-order valence-corrected chi connectivity index (χ1v) is 6.88. The summed E-state index contributed by atoms with van der Waals surface area (Å²) in [6.45, 7) is 2.49. The van der Waals surface area contributed by atoms with Crippen molar-refractivity contribution in [3.8, 4) is 0 Å². The predicted octanol–water partition coefficient (Wildman–Crippen LogP) is 1.51. The van der Waals surface area contributed by atoms with Crippen molar-refractivity contribution in [2.24, 2.45) is 0 Å². The summed E-state index contributed by atoms with van der Waals surface area (Å²) in [5.74, 6) is -0.508. The van der Waals surface area contributed by atoms with E-state index in [4.69, 9.17) is 0 Å². The Morgan fingerprint density at radius 1 is 1.32 bits per heavy atom. The molecule has 0 aliphatic carbocycles. The molecule has 1 aromatic carbocycles. The van der Waals surface area contributed by atoms with Crippen molar-refractivity contribution in [3.05, 3.63) is 53.6 Å². The predicted molar refractivity (Wildman–Crippen MR) is 79.9 cm³/mol. The van der Waals surface area contributed by atoms with E-state index in [0.717, 1.165) is 0 Å². The van der Waals surface area contributed by atoms with Crippen LogP contribution in [0.4, 0.5) is 10.3 Å². The lowest BCUT2D eigenvalue weighted by Gasteiger charge is -2.13. The molecular weight excluding hydrogens is 287 g/mol. The smallest absolute Gasteiger partial charge is 0.254 e. The van der Waals surface area contributed by atoms with E-state index in [1.807, 2.05) is 6.92 Å². The quantitative estimate of drug-likeness (QED) is 0.753. The number of nitrogens with one attached hydrogen (secondary N) is 2. The van der Waals surface area contributed by atoms with Gasteiger partial charge >= 0.3 is 0 Å². The molecule has 1 aromatic heterocycles. The number of halogens is 1. The zero-order chi connectivity index (χ0) is 15.9. The normalized spacial score (nSPS) is 11.8. The van der Waals surface area contributed by atoms with E-state index in [2.05, 4.69) is 20.6 Å². The van der Waals surface area contributed by atoms with Gasteiger partial charge in [0.25, 0.3) is 5.91 Å². The van der Waals surface area contributed by atoms with Gasteiger partial charge in [-0.25, -0.2) is 14.4 Å². The average molecular weight is 304 g/mol. The van der Waals surface area contributed by atoms with Crippen molar-refractivity contribution in [1.29, 1.82) is 0 Å². The van der Waals surface area contributed by atoms with Gasteiger partial charge in [0.2, 0.25) is 5.95 Å². The summed E-state index contributed by atoms with van der Waals surface area (Å²) >= 11 is 0. The Balaban J connectivity index is 1.93. The molecule has 0 saturated heterocycles. The summed E-state index contributed by atoms with van der Waals surface area (Å²) in [6.07, 6.45) is 1.65. The second-order valence-electron chi connectivity index (χ2n) is 4.57. The van der Waals surface area contributed by atoms with E-state index in [1.165, 1.54) is 30.6 Å². The molecule has 0 fully saturated rings. The van der Waals surface area contributed by atoms with Crippen molar-refractivity contribution >= 4 is 11.9 Å². The zero-order valence-electron chi connectivity index (χ0n) is 12.1. The number of aliphatic hydroxyl groups excluding tert-OH is 1. The topological polar surface area (TPSA) is 87.1 Å².